The molecule has 0 saturated carbocycles. The van der Waals surface area contributed by atoms with Crippen LogP contribution in [-0.2, 0) is 13.0 Å². The number of benzene rings is 1. The maximum atomic E-state index is 12.5. The van der Waals surface area contributed by atoms with Crippen LogP contribution in [0.5, 0.6) is 5.75 Å². The highest BCUT2D eigenvalue weighted by Gasteiger charge is 2.10. The van der Waals surface area contributed by atoms with Crippen LogP contribution in [0, 0.1) is 0 Å². The van der Waals surface area contributed by atoms with Crippen molar-refractivity contribution in [3.05, 3.63) is 54.0 Å². The Hall–Kier alpha value is -3.43. The number of furan rings is 1. The van der Waals surface area contributed by atoms with Gasteiger partial charge in [-0.05, 0) is 18.2 Å². The molecule has 2 aromatic heterocycles. The molecule has 0 aliphatic heterocycles. The smallest absolute Gasteiger partial charge is 0.387 e. The van der Waals surface area contributed by atoms with Gasteiger partial charge in [0, 0.05) is 32.1 Å². The third-order valence-corrected chi connectivity index (χ3v) is 3.79. The Morgan fingerprint density at radius 1 is 1.25 bits per heavy atom. The van der Waals surface area contributed by atoms with Crippen molar-refractivity contribution in [3.63, 3.8) is 0 Å². The number of rotatable bonds is 8. The molecule has 0 bridgehead atoms. The number of hydrogen-bond acceptors (Lipinski definition) is 5. The van der Waals surface area contributed by atoms with Gasteiger partial charge in [-0.3, -0.25) is 10.1 Å². The molecule has 0 aliphatic carbocycles. The van der Waals surface area contributed by atoms with E-state index in [9.17, 15) is 8.78 Å². The zero-order valence-corrected chi connectivity index (χ0v) is 15.2. The standard InChI is InChI=1S/C18H20F2N6O2/c1-21-18(23-11-12-5-2-3-6-13(12)28-17(19)20)22-9-8-15-24-16(26-25-15)14-7-4-10-27-14/h2-7,10,17H,8-9,11H2,1H3,(H2,21,22,23)(H,24,25,26). The van der Waals surface area contributed by atoms with E-state index in [1.165, 1.54) is 6.07 Å². The summed E-state index contributed by atoms with van der Waals surface area (Å²) in [6.07, 6.45) is 2.15. The molecule has 0 amide bonds. The zero-order valence-electron chi connectivity index (χ0n) is 15.2. The van der Waals surface area contributed by atoms with Crippen molar-refractivity contribution < 1.29 is 17.9 Å². The summed E-state index contributed by atoms with van der Waals surface area (Å²) in [4.78, 5) is 8.47. The monoisotopic (exact) mass is 390 g/mol. The number of hydrogen-bond donors (Lipinski definition) is 3. The molecule has 0 radical (unpaired) electrons. The van der Waals surface area contributed by atoms with Crippen molar-refractivity contribution in [3.8, 4) is 17.3 Å². The molecule has 28 heavy (non-hydrogen) atoms. The Morgan fingerprint density at radius 2 is 2.11 bits per heavy atom. The van der Waals surface area contributed by atoms with E-state index in [1.807, 2.05) is 0 Å². The second-order valence-electron chi connectivity index (χ2n) is 5.67. The Balaban J connectivity index is 1.48. The molecule has 2 heterocycles. The van der Waals surface area contributed by atoms with E-state index in [0.29, 0.717) is 41.9 Å². The fourth-order valence-corrected chi connectivity index (χ4v) is 2.48. The molecule has 0 aliphatic rings. The number of para-hydroxylation sites is 1. The summed E-state index contributed by atoms with van der Waals surface area (Å²) in [7, 11) is 1.63. The van der Waals surface area contributed by atoms with Crippen molar-refractivity contribution >= 4 is 5.96 Å². The van der Waals surface area contributed by atoms with Gasteiger partial charge in [-0.2, -0.15) is 13.9 Å². The van der Waals surface area contributed by atoms with E-state index in [1.54, 1.807) is 43.6 Å². The van der Waals surface area contributed by atoms with Crippen LogP contribution in [0.2, 0.25) is 0 Å². The highest BCUT2D eigenvalue weighted by molar-refractivity contribution is 5.79. The maximum Gasteiger partial charge on any atom is 0.387 e. The number of nitrogens with zero attached hydrogens (tertiary/aromatic N) is 3. The van der Waals surface area contributed by atoms with Crippen LogP contribution in [0.1, 0.15) is 11.4 Å². The lowest BCUT2D eigenvalue weighted by atomic mass is 10.2. The van der Waals surface area contributed by atoms with E-state index in [-0.39, 0.29) is 12.3 Å². The number of ether oxygens (including phenoxy) is 1. The molecule has 0 saturated heterocycles. The van der Waals surface area contributed by atoms with E-state index < -0.39 is 6.61 Å². The number of guanidine groups is 1. The number of alkyl halides is 2. The van der Waals surface area contributed by atoms with Crippen molar-refractivity contribution in [1.82, 2.24) is 25.8 Å². The van der Waals surface area contributed by atoms with Gasteiger partial charge in [-0.1, -0.05) is 18.2 Å². The predicted molar refractivity (Wildman–Crippen MR) is 99.1 cm³/mol. The van der Waals surface area contributed by atoms with Gasteiger partial charge in [-0.25, -0.2) is 4.98 Å². The summed E-state index contributed by atoms with van der Waals surface area (Å²) in [6.45, 7) is -2.04. The molecule has 0 atom stereocenters. The molecular formula is C18H20F2N6O2. The van der Waals surface area contributed by atoms with Crippen LogP contribution in [0.3, 0.4) is 0 Å². The van der Waals surface area contributed by atoms with E-state index in [4.69, 9.17) is 4.42 Å². The minimum atomic E-state index is -2.87. The molecule has 3 aromatic rings. The summed E-state index contributed by atoms with van der Waals surface area (Å²) in [5.74, 6) is 2.45. The first-order valence-corrected chi connectivity index (χ1v) is 8.58. The van der Waals surface area contributed by atoms with Crippen LogP contribution in [0.4, 0.5) is 8.78 Å². The van der Waals surface area contributed by atoms with Crippen LogP contribution in [-0.4, -0.2) is 41.3 Å². The fraction of sp³-hybridized carbons (Fsp3) is 0.278. The molecule has 0 spiro atoms. The zero-order chi connectivity index (χ0) is 19.8. The lowest BCUT2D eigenvalue weighted by Crippen LogP contribution is -2.38. The van der Waals surface area contributed by atoms with Crippen LogP contribution in [0.15, 0.2) is 52.1 Å². The molecule has 8 nitrogen and oxygen atoms in total. The maximum absolute atomic E-state index is 12.5. The third-order valence-electron chi connectivity index (χ3n) is 3.79. The Bertz CT molecular complexity index is 895. The first-order chi connectivity index (χ1) is 13.7. The Labute approximate surface area is 160 Å². The second-order valence-corrected chi connectivity index (χ2v) is 5.67. The second kappa shape index (κ2) is 9.49. The minimum Gasteiger partial charge on any atom is -0.461 e. The number of aromatic nitrogens is 3. The van der Waals surface area contributed by atoms with Gasteiger partial charge in [0.2, 0.25) is 5.82 Å². The first kappa shape index (κ1) is 19.3. The van der Waals surface area contributed by atoms with E-state index in [2.05, 4.69) is 35.5 Å². The molecule has 148 valence electrons. The Morgan fingerprint density at radius 3 is 2.86 bits per heavy atom. The highest BCUT2D eigenvalue weighted by atomic mass is 19.3. The van der Waals surface area contributed by atoms with Gasteiger partial charge >= 0.3 is 6.61 Å². The normalized spacial score (nSPS) is 11.6. The van der Waals surface area contributed by atoms with Crippen molar-refractivity contribution in [2.45, 2.75) is 19.6 Å². The molecule has 0 unspecified atom stereocenters. The molecule has 3 N–H and O–H groups in total. The van der Waals surface area contributed by atoms with Gasteiger partial charge in [0.15, 0.2) is 11.7 Å². The molecule has 3 rings (SSSR count). The highest BCUT2D eigenvalue weighted by Crippen LogP contribution is 2.19. The number of aromatic amines is 1. The Kier molecular flexibility index (Phi) is 6.55. The minimum absolute atomic E-state index is 0.132. The third kappa shape index (κ3) is 5.29. The molecule has 1 aromatic carbocycles. The van der Waals surface area contributed by atoms with Gasteiger partial charge in [0.25, 0.3) is 0 Å². The quantitative estimate of drug-likeness (QED) is 0.404. The summed E-state index contributed by atoms with van der Waals surface area (Å²) >= 11 is 0. The number of nitrogens with one attached hydrogen (secondary N) is 3. The largest absolute Gasteiger partial charge is 0.461 e. The van der Waals surface area contributed by atoms with Gasteiger partial charge in [0.1, 0.15) is 11.6 Å². The SMILES string of the molecule is CN=C(NCCc1nc(-c2ccco2)n[nH]1)NCc1ccccc1OC(F)F. The first-order valence-electron chi connectivity index (χ1n) is 8.58. The van der Waals surface area contributed by atoms with Crippen molar-refractivity contribution in [2.75, 3.05) is 13.6 Å². The lowest BCUT2D eigenvalue weighted by Gasteiger charge is -2.14. The number of halogens is 2. The fourth-order valence-electron chi connectivity index (χ4n) is 2.48. The summed E-state index contributed by atoms with van der Waals surface area (Å²) in [5.41, 5.74) is 0.601. The summed E-state index contributed by atoms with van der Waals surface area (Å²) in [5, 5.41) is 13.2. The predicted octanol–water partition coefficient (Wildman–Crippen LogP) is 2.57. The van der Waals surface area contributed by atoms with Crippen LogP contribution < -0.4 is 15.4 Å². The average Bonchev–Trinajstić information content (AvgIpc) is 3.37. The van der Waals surface area contributed by atoms with Crippen molar-refractivity contribution in [1.29, 1.82) is 0 Å². The molecular weight excluding hydrogens is 370 g/mol. The van der Waals surface area contributed by atoms with Gasteiger partial charge < -0.3 is 19.8 Å². The summed E-state index contributed by atoms with van der Waals surface area (Å²) in [6, 6.07) is 10.2. The average molecular weight is 390 g/mol. The topological polar surface area (TPSA) is 100 Å². The number of H-pyrrole nitrogens is 1. The van der Waals surface area contributed by atoms with Crippen molar-refractivity contribution in [2.24, 2.45) is 4.99 Å². The van der Waals surface area contributed by atoms with Gasteiger partial charge in [0.05, 0.1) is 6.26 Å². The van der Waals surface area contributed by atoms with E-state index >= 15 is 0 Å². The molecule has 10 heteroatoms. The lowest BCUT2D eigenvalue weighted by molar-refractivity contribution is -0.0504. The van der Waals surface area contributed by atoms with Crippen LogP contribution >= 0.6 is 0 Å². The van der Waals surface area contributed by atoms with Gasteiger partial charge in [-0.15, -0.1) is 0 Å². The van der Waals surface area contributed by atoms with Crippen LogP contribution in [0.25, 0.3) is 11.6 Å². The number of aliphatic imine (C=N–C) groups is 1. The molecule has 0 fully saturated rings. The summed E-state index contributed by atoms with van der Waals surface area (Å²) < 4.78 is 34.7. The van der Waals surface area contributed by atoms with E-state index in [0.717, 1.165) is 0 Å².